The van der Waals surface area contributed by atoms with Gasteiger partial charge < -0.3 is 14.5 Å². The zero-order chi connectivity index (χ0) is 30.5. The number of aromatic nitrogens is 4. The van der Waals surface area contributed by atoms with Gasteiger partial charge >= 0.3 is 0 Å². The highest BCUT2D eigenvalue weighted by molar-refractivity contribution is 8.00. The minimum absolute atomic E-state index is 0.447. The molecule has 5 aromatic rings. The van der Waals surface area contributed by atoms with E-state index in [2.05, 4.69) is 70.8 Å². The van der Waals surface area contributed by atoms with E-state index >= 15 is 0 Å². The second kappa shape index (κ2) is 13.7. The lowest BCUT2D eigenvalue weighted by Gasteiger charge is -2.34. The van der Waals surface area contributed by atoms with Gasteiger partial charge in [-0.2, -0.15) is 10.1 Å². The lowest BCUT2D eigenvalue weighted by atomic mass is 10.0. The van der Waals surface area contributed by atoms with Crippen LogP contribution < -0.4 is 14.4 Å². The van der Waals surface area contributed by atoms with Crippen molar-refractivity contribution in [2.45, 2.75) is 31.7 Å². The molecule has 6 rings (SSSR count). The van der Waals surface area contributed by atoms with Crippen LogP contribution >= 0.6 is 23.5 Å². The van der Waals surface area contributed by atoms with Crippen molar-refractivity contribution in [3.8, 4) is 22.9 Å². The first kappa shape index (κ1) is 30.0. The van der Waals surface area contributed by atoms with Crippen molar-refractivity contribution < 1.29 is 4.74 Å². The standard InChI is InChI=1S/C34H36ClN7OS/c1-4-27-32(28-14-9-8-11-24(28)2)37-34(39-44-26-21-36-42(23-26)22-25-12-6-5-7-13-25)38-33(27)43-30-16-10-15-29(31(30)35)41-19-17-40(3)18-20-41/h5-16,21,23H,4,17-20,22H2,1-3H3,(H,37,38,39). The highest BCUT2D eigenvalue weighted by atomic mass is 35.5. The van der Waals surface area contributed by atoms with Crippen LogP contribution in [0.15, 0.2) is 90.1 Å². The monoisotopic (exact) mass is 625 g/mol. The van der Waals surface area contributed by atoms with Gasteiger partial charge in [0.2, 0.25) is 11.8 Å². The van der Waals surface area contributed by atoms with Crippen LogP contribution in [-0.2, 0) is 13.0 Å². The smallest absolute Gasteiger partial charge is 0.237 e. The Hall–Kier alpha value is -4.05. The second-order valence-corrected chi connectivity index (χ2v) is 12.2. The van der Waals surface area contributed by atoms with Crippen molar-refractivity contribution in [1.82, 2.24) is 24.6 Å². The van der Waals surface area contributed by atoms with E-state index in [-0.39, 0.29) is 0 Å². The van der Waals surface area contributed by atoms with Crippen molar-refractivity contribution in [2.24, 2.45) is 0 Å². The molecule has 0 aliphatic carbocycles. The Morgan fingerprint density at radius 2 is 1.70 bits per heavy atom. The van der Waals surface area contributed by atoms with Crippen molar-refractivity contribution >= 4 is 35.2 Å². The molecule has 1 aliphatic rings. The van der Waals surface area contributed by atoms with Crippen LogP contribution in [0.25, 0.3) is 11.3 Å². The second-order valence-electron chi connectivity index (χ2n) is 10.9. The Bertz CT molecular complexity index is 1720. The minimum atomic E-state index is 0.447. The maximum absolute atomic E-state index is 6.99. The van der Waals surface area contributed by atoms with Crippen LogP contribution in [0.4, 0.5) is 11.6 Å². The Morgan fingerprint density at radius 1 is 0.932 bits per heavy atom. The van der Waals surface area contributed by atoms with Gasteiger partial charge in [0.05, 0.1) is 29.0 Å². The number of anilines is 2. The third kappa shape index (κ3) is 6.85. The minimum Gasteiger partial charge on any atom is -0.437 e. The molecule has 0 saturated carbocycles. The lowest BCUT2D eigenvalue weighted by Crippen LogP contribution is -2.44. The number of aryl methyl sites for hydroxylation is 1. The van der Waals surface area contributed by atoms with E-state index in [1.54, 1.807) is 0 Å². The van der Waals surface area contributed by atoms with Crippen LogP contribution in [-0.4, -0.2) is 57.9 Å². The van der Waals surface area contributed by atoms with Crippen LogP contribution in [0.2, 0.25) is 5.02 Å². The predicted octanol–water partition coefficient (Wildman–Crippen LogP) is 7.58. The summed E-state index contributed by atoms with van der Waals surface area (Å²) in [7, 11) is 2.15. The summed E-state index contributed by atoms with van der Waals surface area (Å²) in [5.74, 6) is 1.51. The molecule has 1 fully saturated rings. The summed E-state index contributed by atoms with van der Waals surface area (Å²) in [6.07, 6.45) is 4.53. The molecule has 2 aromatic heterocycles. The van der Waals surface area contributed by atoms with Crippen LogP contribution in [0, 0.1) is 6.92 Å². The number of nitrogens with one attached hydrogen (secondary N) is 1. The summed E-state index contributed by atoms with van der Waals surface area (Å²) in [5, 5.41) is 5.12. The molecule has 0 bridgehead atoms. The molecular formula is C34H36ClN7OS. The molecule has 0 atom stereocenters. The number of ether oxygens (including phenoxy) is 1. The number of likely N-dealkylation sites (N-methyl/N-ethyl adjacent to an activating group) is 1. The fraction of sp³-hybridized carbons (Fsp3) is 0.265. The fourth-order valence-electron chi connectivity index (χ4n) is 5.31. The average Bonchev–Trinajstić information content (AvgIpc) is 3.49. The molecule has 0 spiro atoms. The molecule has 44 heavy (non-hydrogen) atoms. The van der Waals surface area contributed by atoms with Gasteiger partial charge in [-0.05, 0) is 55.6 Å². The van der Waals surface area contributed by atoms with E-state index in [0.29, 0.717) is 35.6 Å². The van der Waals surface area contributed by atoms with Gasteiger partial charge in [0, 0.05) is 43.5 Å². The molecule has 8 nitrogen and oxygen atoms in total. The first-order valence-electron chi connectivity index (χ1n) is 14.8. The number of nitrogens with zero attached hydrogens (tertiary/aromatic N) is 6. The zero-order valence-electron chi connectivity index (χ0n) is 25.2. The van der Waals surface area contributed by atoms with Crippen LogP contribution in [0.5, 0.6) is 11.6 Å². The Balaban J connectivity index is 1.30. The third-order valence-electron chi connectivity index (χ3n) is 7.77. The van der Waals surface area contributed by atoms with Gasteiger partial charge in [-0.15, -0.1) is 0 Å². The molecular weight excluding hydrogens is 590 g/mol. The van der Waals surface area contributed by atoms with Crippen molar-refractivity contribution in [2.75, 3.05) is 42.8 Å². The van der Waals surface area contributed by atoms with Gasteiger partial charge in [-0.3, -0.25) is 9.40 Å². The molecule has 3 aromatic carbocycles. The van der Waals surface area contributed by atoms with E-state index in [0.717, 1.165) is 59.1 Å². The molecule has 10 heteroatoms. The van der Waals surface area contributed by atoms with E-state index in [9.17, 15) is 0 Å². The topological polar surface area (TPSA) is 71.3 Å². The van der Waals surface area contributed by atoms with Crippen LogP contribution in [0.3, 0.4) is 0 Å². The van der Waals surface area contributed by atoms with Crippen molar-refractivity contribution in [3.63, 3.8) is 0 Å². The first-order valence-corrected chi connectivity index (χ1v) is 16.0. The third-order valence-corrected chi connectivity index (χ3v) is 8.88. The SMILES string of the molecule is CCc1c(Oc2cccc(N3CCN(C)CC3)c2Cl)nc(NSc2cnn(Cc3ccccc3)c2)nc1-c1ccccc1C. The van der Waals surface area contributed by atoms with Gasteiger partial charge in [-0.1, -0.05) is 79.2 Å². The lowest BCUT2D eigenvalue weighted by molar-refractivity contribution is 0.313. The maximum atomic E-state index is 6.99. The molecule has 3 heterocycles. The number of benzene rings is 3. The largest absolute Gasteiger partial charge is 0.437 e. The van der Waals surface area contributed by atoms with E-state index in [1.165, 1.54) is 17.5 Å². The highest BCUT2D eigenvalue weighted by Crippen LogP contribution is 2.40. The molecule has 1 saturated heterocycles. The summed E-state index contributed by atoms with van der Waals surface area (Å²) in [5.41, 5.74) is 6.10. The number of rotatable bonds is 10. The summed E-state index contributed by atoms with van der Waals surface area (Å²) >= 11 is 8.41. The number of piperazine rings is 1. The molecule has 0 amide bonds. The van der Waals surface area contributed by atoms with E-state index in [1.807, 2.05) is 59.5 Å². The van der Waals surface area contributed by atoms with Gasteiger partial charge in [0.25, 0.3) is 0 Å². The van der Waals surface area contributed by atoms with Gasteiger partial charge in [0.15, 0.2) is 0 Å². The molecule has 1 N–H and O–H groups in total. The quantitative estimate of drug-likeness (QED) is 0.159. The molecule has 0 radical (unpaired) electrons. The molecule has 0 unspecified atom stereocenters. The zero-order valence-corrected chi connectivity index (χ0v) is 26.8. The molecule has 1 aliphatic heterocycles. The first-order chi connectivity index (χ1) is 21.5. The Kier molecular flexibility index (Phi) is 9.35. The molecule has 226 valence electrons. The summed E-state index contributed by atoms with van der Waals surface area (Å²) in [4.78, 5) is 15.5. The highest BCUT2D eigenvalue weighted by Gasteiger charge is 2.22. The number of halogens is 1. The number of hydrogen-bond donors (Lipinski definition) is 1. The summed E-state index contributed by atoms with van der Waals surface area (Å²) < 4.78 is 11.8. The number of hydrogen-bond acceptors (Lipinski definition) is 8. The predicted molar refractivity (Wildman–Crippen MR) is 180 cm³/mol. The van der Waals surface area contributed by atoms with Gasteiger partial charge in [0.1, 0.15) is 10.8 Å². The Labute approximate surface area is 268 Å². The van der Waals surface area contributed by atoms with E-state index in [4.69, 9.17) is 26.3 Å². The van der Waals surface area contributed by atoms with Gasteiger partial charge in [-0.25, -0.2) is 4.98 Å². The van der Waals surface area contributed by atoms with Crippen molar-refractivity contribution in [3.05, 3.63) is 107 Å². The van der Waals surface area contributed by atoms with Crippen LogP contribution in [0.1, 0.15) is 23.6 Å². The maximum Gasteiger partial charge on any atom is 0.237 e. The van der Waals surface area contributed by atoms with Crippen molar-refractivity contribution in [1.29, 1.82) is 0 Å². The average molecular weight is 626 g/mol. The summed E-state index contributed by atoms with van der Waals surface area (Å²) in [6, 6.07) is 24.5. The van der Waals surface area contributed by atoms with E-state index < -0.39 is 0 Å². The summed E-state index contributed by atoms with van der Waals surface area (Å²) in [6.45, 7) is 8.70. The normalized spacial score (nSPS) is 13.7. The Morgan fingerprint density at radius 3 is 2.48 bits per heavy atom. The fourth-order valence-corrected chi connectivity index (χ4v) is 6.16.